The Kier molecular flexibility index (Phi) is 4.31. The standard InChI is InChI=1S/C15H16FNO/c1-18-11-13-4-8-15(9-5-13)17-10-12-2-6-14(16)7-3-12/h2-9,17H,10-11H2,1H3. The molecule has 0 aromatic heterocycles. The van der Waals surface area contributed by atoms with Gasteiger partial charge in [0.15, 0.2) is 0 Å². The number of ether oxygens (including phenoxy) is 1. The zero-order valence-electron chi connectivity index (χ0n) is 10.3. The van der Waals surface area contributed by atoms with Gasteiger partial charge in [-0.25, -0.2) is 4.39 Å². The minimum absolute atomic E-state index is 0.206. The van der Waals surface area contributed by atoms with Crippen molar-refractivity contribution < 1.29 is 9.13 Å². The Morgan fingerprint density at radius 3 is 2.17 bits per heavy atom. The summed E-state index contributed by atoms with van der Waals surface area (Å²) in [5.74, 6) is -0.206. The van der Waals surface area contributed by atoms with Crippen molar-refractivity contribution in [3.05, 3.63) is 65.5 Å². The van der Waals surface area contributed by atoms with Crippen molar-refractivity contribution in [2.75, 3.05) is 12.4 Å². The zero-order chi connectivity index (χ0) is 12.8. The molecule has 1 N–H and O–H groups in total. The number of nitrogens with one attached hydrogen (secondary N) is 1. The second-order valence-electron chi connectivity index (χ2n) is 4.11. The fraction of sp³-hybridized carbons (Fsp3) is 0.200. The molecule has 0 aliphatic carbocycles. The van der Waals surface area contributed by atoms with Crippen LogP contribution in [-0.4, -0.2) is 7.11 Å². The molecule has 0 radical (unpaired) electrons. The van der Waals surface area contributed by atoms with Gasteiger partial charge in [-0.1, -0.05) is 24.3 Å². The summed E-state index contributed by atoms with van der Waals surface area (Å²) in [6.45, 7) is 1.31. The van der Waals surface area contributed by atoms with E-state index in [2.05, 4.69) is 5.32 Å². The smallest absolute Gasteiger partial charge is 0.123 e. The summed E-state index contributed by atoms with van der Waals surface area (Å²) in [6.07, 6.45) is 0. The second-order valence-corrected chi connectivity index (χ2v) is 4.11. The SMILES string of the molecule is COCc1ccc(NCc2ccc(F)cc2)cc1. The predicted molar refractivity (Wildman–Crippen MR) is 70.9 cm³/mol. The van der Waals surface area contributed by atoms with Crippen LogP contribution in [0.4, 0.5) is 10.1 Å². The molecule has 0 bridgehead atoms. The van der Waals surface area contributed by atoms with Crippen LogP contribution in [-0.2, 0) is 17.9 Å². The van der Waals surface area contributed by atoms with E-state index in [1.54, 1.807) is 19.2 Å². The Morgan fingerprint density at radius 1 is 0.944 bits per heavy atom. The average molecular weight is 245 g/mol. The average Bonchev–Trinajstić information content (AvgIpc) is 2.40. The third-order valence-electron chi connectivity index (χ3n) is 2.67. The van der Waals surface area contributed by atoms with E-state index in [1.165, 1.54) is 12.1 Å². The van der Waals surface area contributed by atoms with E-state index in [1.807, 2.05) is 24.3 Å². The van der Waals surface area contributed by atoms with Crippen LogP contribution in [0, 0.1) is 5.82 Å². The molecule has 94 valence electrons. The van der Waals surface area contributed by atoms with Gasteiger partial charge in [0.05, 0.1) is 6.61 Å². The van der Waals surface area contributed by atoms with E-state index in [9.17, 15) is 4.39 Å². The van der Waals surface area contributed by atoms with Gasteiger partial charge in [-0.15, -0.1) is 0 Å². The Hall–Kier alpha value is -1.87. The van der Waals surface area contributed by atoms with E-state index in [0.717, 1.165) is 16.8 Å². The molecule has 0 aliphatic heterocycles. The Labute approximate surface area is 106 Å². The number of rotatable bonds is 5. The van der Waals surface area contributed by atoms with Crippen LogP contribution in [0.1, 0.15) is 11.1 Å². The minimum Gasteiger partial charge on any atom is -0.381 e. The molecule has 0 heterocycles. The predicted octanol–water partition coefficient (Wildman–Crippen LogP) is 3.58. The lowest BCUT2D eigenvalue weighted by Crippen LogP contribution is -1.99. The van der Waals surface area contributed by atoms with Crippen molar-refractivity contribution in [3.63, 3.8) is 0 Å². The van der Waals surface area contributed by atoms with Crippen molar-refractivity contribution in [3.8, 4) is 0 Å². The molecular formula is C15H16FNO. The molecule has 18 heavy (non-hydrogen) atoms. The highest BCUT2D eigenvalue weighted by Crippen LogP contribution is 2.12. The number of methoxy groups -OCH3 is 1. The van der Waals surface area contributed by atoms with Crippen LogP contribution >= 0.6 is 0 Å². The molecular weight excluding hydrogens is 229 g/mol. The van der Waals surface area contributed by atoms with Crippen molar-refractivity contribution in [1.82, 2.24) is 0 Å². The van der Waals surface area contributed by atoms with E-state index >= 15 is 0 Å². The van der Waals surface area contributed by atoms with E-state index in [-0.39, 0.29) is 5.82 Å². The molecule has 0 atom stereocenters. The third-order valence-corrected chi connectivity index (χ3v) is 2.67. The van der Waals surface area contributed by atoms with Crippen molar-refractivity contribution >= 4 is 5.69 Å². The molecule has 0 amide bonds. The lowest BCUT2D eigenvalue weighted by molar-refractivity contribution is 0.185. The molecule has 2 nitrogen and oxygen atoms in total. The van der Waals surface area contributed by atoms with Gasteiger partial charge in [-0.2, -0.15) is 0 Å². The second kappa shape index (κ2) is 6.17. The quantitative estimate of drug-likeness (QED) is 0.869. The molecule has 0 fully saturated rings. The van der Waals surface area contributed by atoms with Gasteiger partial charge in [0.2, 0.25) is 0 Å². The molecule has 3 heteroatoms. The zero-order valence-corrected chi connectivity index (χ0v) is 10.3. The monoisotopic (exact) mass is 245 g/mol. The molecule has 2 rings (SSSR count). The first-order chi connectivity index (χ1) is 8.78. The van der Waals surface area contributed by atoms with Crippen LogP contribution < -0.4 is 5.32 Å². The molecule has 0 spiro atoms. The van der Waals surface area contributed by atoms with Gasteiger partial charge in [-0.05, 0) is 35.4 Å². The summed E-state index contributed by atoms with van der Waals surface area (Å²) >= 11 is 0. The van der Waals surface area contributed by atoms with Crippen LogP contribution in [0.5, 0.6) is 0 Å². The van der Waals surface area contributed by atoms with Gasteiger partial charge in [0, 0.05) is 19.3 Å². The van der Waals surface area contributed by atoms with Gasteiger partial charge >= 0.3 is 0 Å². The van der Waals surface area contributed by atoms with Crippen LogP contribution in [0.3, 0.4) is 0 Å². The summed E-state index contributed by atoms with van der Waals surface area (Å²) in [6, 6.07) is 14.6. The molecule has 0 aliphatic rings. The highest BCUT2D eigenvalue weighted by molar-refractivity contribution is 5.45. The van der Waals surface area contributed by atoms with Gasteiger partial charge in [0.25, 0.3) is 0 Å². The van der Waals surface area contributed by atoms with E-state index in [0.29, 0.717) is 13.2 Å². The molecule has 0 unspecified atom stereocenters. The summed E-state index contributed by atoms with van der Waals surface area (Å²) in [4.78, 5) is 0. The molecule has 2 aromatic carbocycles. The van der Waals surface area contributed by atoms with E-state index in [4.69, 9.17) is 4.74 Å². The van der Waals surface area contributed by atoms with Crippen molar-refractivity contribution in [2.45, 2.75) is 13.2 Å². The molecule has 2 aromatic rings. The van der Waals surface area contributed by atoms with Crippen LogP contribution in [0.25, 0.3) is 0 Å². The minimum atomic E-state index is -0.206. The lowest BCUT2D eigenvalue weighted by Gasteiger charge is -2.07. The topological polar surface area (TPSA) is 21.3 Å². The summed E-state index contributed by atoms with van der Waals surface area (Å²) in [7, 11) is 1.68. The van der Waals surface area contributed by atoms with Gasteiger partial charge < -0.3 is 10.1 Å². The lowest BCUT2D eigenvalue weighted by atomic mass is 10.2. The maximum Gasteiger partial charge on any atom is 0.123 e. The number of halogens is 1. The van der Waals surface area contributed by atoms with Crippen molar-refractivity contribution in [1.29, 1.82) is 0 Å². The van der Waals surface area contributed by atoms with Crippen LogP contribution in [0.15, 0.2) is 48.5 Å². The van der Waals surface area contributed by atoms with Gasteiger partial charge in [0.1, 0.15) is 5.82 Å². The first-order valence-electron chi connectivity index (χ1n) is 5.84. The van der Waals surface area contributed by atoms with Crippen LogP contribution in [0.2, 0.25) is 0 Å². The van der Waals surface area contributed by atoms with Crippen molar-refractivity contribution in [2.24, 2.45) is 0 Å². The number of hydrogen-bond donors (Lipinski definition) is 1. The number of anilines is 1. The number of hydrogen-bond acceptors (Lipinski definition) is 2. The fourth-order valence-corrected chi connectivity index (χ4v) is 1.69. The third kappa shape index (κ3) is 3.57. The van der Waals surface area contributed by atoms with E-state index < -0.39 is 0 Å². The fourth-order valence-electron chi connectivity index (χ4n) is 1.69. The summed E-state index contributed by atoms with van der Waals surface area (Å²) < 4.78 is 17.8. The first-order valence-corrected chi connectivity index (χ1v) is 5.84. The molecule has 0 saturated carbocycles. The Bertz CT molecular complexity index is 479. The maximum atomic E-state index is 12.7. The Balaban J connectivity index is 1.91. The summed E-state index contributed by atoms with van der Waals surface area (Å²) in [5.41, 5.74) is 3.24. The summed E-state index contributed by atoms with van der Waals surface area (Å²) in [5, 5.41) is 3.29. The number of benzene rings is 2. The highest BCUT2D eigenvalue weighted by Gasteiger charge is 1.96. The normalized spacial score (nSPS) is 10.3. The largest absolute Gasteiger partial charge is 0.381 e. The Morgan fingerprint density at radius 2 is 1.56 bits per heavy atom. The maximum absolute atomic E-state index is 12.7. The first kappa shape index (κ1) is 12.6. The highest BCUT2D eigenvalue weighted by atomic mass is 19.1. The molecule has 0 saturated heterocycles. The van der Waals surface area contributed by atoms with Gasteiger partial charge in [-0.3, -0.25) is 0 Å².